The summed E-state index contributed by atoms with van der Waals surface area (Å²) in [6.07, 6.45) is -9.98. The van der Waals surface area contributed by atoms with Gasteiger partial charge in [-0.15, -0.1) is 0 Å². The van der Waals surface area contributed by atoms with Gasteiger partial charge in [0.1, 0.15) is 36.4 Å². The number of hydrogen-bond acceptors (Lipinski definition) is 13. The fourth-order valence-electron chi connectivity index (χ4n) is 3.70. The first-order valence-corrected chi connectivity index (χ1v) is 14.9. The number of carbonyl (C=O) groups is 5. The lowest BCUT2D eigenvalue weighted by atomic mass is 9.95. The Hall–Kier alpha value is -2.55. The fourth-order valence-corrected chi connectivity index (χ4v) is 6.30. The lowest BCUT2D eigenvalue weighted by Gasteiger charge is -2.49. The molecule has 0 spiro atoms. The number of aliphatic hydroxyl groups excluding tert-OH is 3. The van der Waals surface area contributed by atoms with E-state index in [4.69, 9.17) is 24.4 Å². The quantitative estimate of drug-likeness (QED) is 0.0748. The molecule has 0 aromatic carbocycles. The molecule has 0 aromatic rings. The van der Waals surface area contributed by atoms with Crippen LogP contribution >= 0.6 is 15.4 Å². The van der Waals surface area contributed by atoms with Crippen molar-refractivity contribution in [3.05, 3.63) is 0 Å². The summed E-state index contributed by atoms with van der Waals surface area (Å²) in [5, 5.41) is 52.0. The highest BCUT2D eigenvalue weighted by Crippen LogP contribution is 2.67. The molecule has 9 atom stereocenters. The predicted molar refractivity (Wildman–Crippen MR) is 132 cm³/mol. The van der Waals surface area contributed by atoms with Crippen LogP contribution in [0.4, 0.5) is 0 Å². The molecule has 11 N–H and O–H groups in total. The molecule has 21 nitrogen and oxygen atoms in total. The van der Waals surface area contributed by atoms with Crippen molar-refractivity contribution in [1.82, 2.24) is 16.0 Å². The summed E-state index contributed by atoms with van der Waals surface area (Å²) in [5.41, 5.74) is 0. The third-order valence-electron chi connectivity index (χ3n) is 5.80. The summed E-state index contributed by atoms with van der Waals surface area (Å²) >= 11 is 0. The zero-order valence-corrected chi connectivity index (χ0v) is 24.0. The Labute approximate surface area is 236 Å². The van der Waals surface area contributed by atoms with Crippen molar-refractivity contribution in [2.75, 3.05) is 6.61 Å². The lowest BCUT2D eigenvalue weighted by molar-refractivity contribution is -0.286. The van der Waals surface area contributed by atoms with Crippen LogP contribution in [0.1, 0.15) is 33.6 Å². The number of carboxylic acid groups (broad SMARTS) is 2. The number of carboxylic acids is 2. The van der Waals surface area contributed by atoms with Crippen LogP contribution in [-0.4, -0.2) is 125 Å². The Morgan fingerprint density at radius 3 is 2.02 bits per heavy atom. The van der Waals surface area contributed by atoms with Crippen LogP contribution in [0.25, 0.3) is 0 Å². The van der Waals surface area contributed by atoms with Gasteiger partial charge in [0.05, 0.1) is 6.61 Å². The van der Waals surface area contributed by atoms with E-state index in [9.17, 15) is 58.4 Å². The number of aliphatic hydroxyl groups is 3. The molecule has 0 aromatic heterocycles. The van der Waals surface area contributed by atoms with Gasteiger partial charge in [0, 0.05) is 13.3 Å². The van der Waals surface area contributed by atoms with Crippen molar-refractivity contribution in [3.8, 4) is 0 Å². The Morgan fingerprint density at radius 1 is 1.00 bits per heavy atom. The molecule has 42 heavy (non-hydrogen) atoms. The molecular formula is C19H33N3O18P2. The first-order valence-electron chi connectivity index (χ1n) is 11.8. The number of aliphatic carboxylic acids is 2. The van der Waals surface area contributed by atoms with Gasteiger partial charge in [-0.1, -0.05) is 0 Å². The molecule has 1 aliphatic rings. The van der Waals surface area contributed by atoms with Crippen molar-refractivity contribution in [2.45, 2.75) is 81.7 Å². The minimum atomic E-state index is -5.93. The summed E-state index contributed by atoms with van der Waals surface area (Å²) in [5.74, 6) is -5.94. The monoisotopic (exact) mass is 653 g/mol. The van der Waals surface area contributed by atoms with Gasteiger partial charge in [0.2, 0.25) is 23.1 Å². The highest BCUT2D eigenvalue weighted by Gasteiger charge is 2.66. The van der Waals surface area contributed by atoms with E-state index in [2.05, 4.69) is 14.9 Å². The molecule has 1 rings (SSSR count). The number of ether oxygens (including phenoxy) is 2. The second-order valence-corrected chi connectivity index (χ2v) is 12.5. The van der Waals surface area contributed by atoms with Crippen LogP contribution in [0.2, 0.25) is 0 Å². The average Bonchev–Trinajstić information content (AvgIpc) is 2.83. The van der Waals surface area contributed by atoms with Gasteiger partial charge in [-0.05, 0) is 20.3 Å². The zero-order chi connectivity index (χ0) is 32.8. The van der Waals surface area contributed by atoms with Crippen molar-refractivity contribution in [1.29, 1.82) is 0 Å². The van der Waals surface area contributed by atoms with E-state index in [1.807, 2.05) is 5.32 Å². The van der Waals surface area contributed by atoms with E-state index in [0.29, 0.717) is 0 Å². The standard InChI is InChI=1S/C19H33N3O18P2/c1-7(15(28)22-10(17(30)31)4-5-11(25)26)20-16(29)8(2)38-13-12(21-9(3)24)18(32)39-19(6-23,14(13)27)41(33,34)40-42(35,36)37/h7-8,10,12-14,18,23,27,32H,4-6H2,1-3H3,(H,20,29)(H,21,24)(H,22,28)(H,25,26)(H,30,31)(H,33,34)(H2,35,36,37)/t7-,8?,10+,12+,13+,14-,18-,19-/m0/s1. The van der Waals surface area contributed by atoms with E-state index in [0.717, 1.165) is 20.8 Å². The number of amides is 3. The Bertz CT molecular complexity index is 1130. The molecule has 1 fully saturated rings. The van der Waals surface area contributed by atoms with Crippen LogP contribution in [0.3, 0.4) is 0 Å². The molecule has 1 heterocycles. The zero-order valence-electron chi connectivity index (χ0n) is 22.2. The second kappa shape index (κ2) is 14.8. The normalized spacial score (nSPS) is 27.9. The van der Waals surface area contributed by atoms with Gasteiger partial charge >= 0.3 is 27.4 Å². The van der Waals surface area contributed by atoms with Crippen LogP contribution < -0.4 is 16.0 Å². The maximum absolute atomic E-state index is 12.8. The average molecular weight is 653 g/mol. The van der Waals surface area contributed by atoms with Gasteiger partial charge in [0.25, 0.3) is 0 Å². The maximum atomic E-state index is 12.8. The number of carbonyl (C=O) groups excluding carboxylic acids is 3. The molecule has 23 heteroatoms. The number of nitrogens with one attached hydrogen (secondary N) is 3. The van der Waals surface area contributed by atoms with Gasteiger partial charge in [0.15, 0.2) is 6.29 Å². The van der Waals surface area contributed by atoms with Crippen LogP contribution in [0, 0.1) is 0 Å². The smallest absolute Gasteiger partial charge is 0.476 e. The van der Waals surface area contributed by atoms with E-state index in [1.54, 1.807) is 0 Å². The van der Waals surface area contributed by atoms with Crippen LogP contribution in [0.15, 0.2) is 0 Å². The molecule has 3 amide bonds. The van der Waals surface area contributed by atoms with E-state index < -0.39 is 113 Å². The van der Waals surface area contributed by atoms with E-state index >= 15 is 0 Å². The van der Waals surface area contributed by atoms with Crippen molar-refractivity contribution >= 4 is 45.1 Å². The number of phosphoric acid groups is 1. The Kier molecular flexibility index (Phi) is 13.2. The molecular weight excluding hydrogens is 620 g/mol. The minimum absolute atomic E-state index is 0.474. The summed E-state index contributed by atoms with van der Waals surface area (Å²) in [7, 11) is -11.7. The second-order valence-electron chi connectivity index (χ2n) is 9.08. The maximum Gasteiger partial charge on any atom is 0.476 e. The van der Waals surface area contributed by atoms with E-state index in [-0.39, 0.29) is 0 Å². The minimum Gasteiger partial charge on any atom is -0.481 e. The van der Waals surface area contributed by atoms with E-state index in [1.165, 1.54) is 0 Å². The summed E-state index contributed by atoms with van der Waals surface area (Å²) in [6.45, 7) is 1.35. The molecule has 242 valence electrons. The van der Waals surface area contributed by atoms with Gasteiger partial charge in [-0.3, -0.25) is 23.7 Å². The van der Waals surface area contributed by atoms with Gasteiger partial charge < -0.3 is 65.6 Å². The Balaban J connectivity index is 3.21. The first-order chi connectivity index (χ1) is 19.1. The Morgan fingerprint density at radius 2 is 1.57 bits per heavy atom. The van der Waals surface area contributed by atoms with Crippen LogP contribution in [0.5, 0.6) is 0 Å². The molecule has 1 aliphatic heterocycles. The number of hydrogen-bond donors (Lipinski definition) is 11. The topological polar surface area (TPSA) is 345 Å². The predicted octanol–water partition coefficient (Wildman–Crippen LogP) is -4.10. The molecule has 0 aliphatic carbocycles. The molecule has 2 unspecified atom stereocenters. The largest absolute Gasteiger partial charge is 0.481 e. The summed E-state index contributed by atoms with van der Waals surface area (Å²) in [4.78, 5) is 87.1. The van der Waals surface area contributed by atoms with Crippen molar-refractivity contribution in [2.24, 2.45) is 0 Å². The SMILES string of the molecule is CC(=O)N[C@@H]1[C@@H](OC(C)C(=O)N[C@@H](C)C(=O)N[C@H](CCC(=O)O)C(=O)O)[C@H](O)[C@](CO)(P(=O)(O)OP(=O)(O)O)O[C@@H]1O. The van der Waals surface area contributed by atoms with Crippen molar-refractivity contribution < 1.29 is 87.1 Å². The number of rotatable bonds is 15. The fraction of sp³-hybridized carbons (Fsp3) is 0.737. The lowest BCUT2D eigenvalue weighted by Crippen LogP contribution is -2.70. The third-order valence-corrected chi connectivity index (χ3v) is 9.00. The first kappa shape index (κ1) is 37.5. The van der Waals surface area contributed by atoms with Gasteiger partial charge in [-0.2, -0.15) is 0 Å². The molecule has 0 saturated carbocycles. The molecule has 0 bridgehead atoms. The highest BCUT2D eigenvalue weighted by atomic mass is 31.3. The highest BCUT2D eigenvalue weighted by molar-refractivity contribution is 7.64. The van der Waals surface area contributed by atoms with Crippen LogP contribution in [-0.2, 0) is 46.9 Å². The molecule has 1 saturated heterocycles. The summed E-state index contributed by atoms with van der Waals surface area (Å²) in [6, 6.07) is -4.90. The van der Waals surface area contributed by atoms with Crippen molar-refractivity contribution in [3.63, 3.8) is 0 Å². The molecule has 0 radical (unpaired) electrons. The van der Waals surface area contributed by atoms with Gasteiger partial charge in [-0.25, -0.2) is 13.7 Å². The third kappa shape index (κ3) is 9.75. The summed E-state index contributed by atoms with van der Waals surface area (Å²) < 4.78 is 38.1.